The van der Waals surface area contributed by atoms with E-state index < -0.39 is 0 Å². The van der Waals surface area contributed by atoms with Crippen molar-refractivity contribution in [3.63, 3.8) is 0 Å². The minimum atomic E-state index is -0.224. The summed E-state index contributed by atoms with van der Waals surface area (Å²) in [6.07, 6.45) is 0. The zero-order valence-electron chi connectivity index (χ0n) is 11.2. The van der Waals surface area contributed by atoms with Crippen LogP contribution >= 0.6 is 46.1 Å². The molecule has 4 nitrogen and oxygen atoms in total. The van der Waals surface area contributed by atoms with Gasteiger partial charge >= 0.3 is 0 Å². The fourth-order valence-corrected chi connectivity index (χ4v) is 3.00. The highest BCUT2D eigenvalue weighted by Gasteiger charge is 2.16. The van der Waals surface area contributed by atoms with Crippen LogP contribution in [-0.2, 0) is 6.54 Å². The second-order valence-corrected chi connectivity index (χ2v) is 6.07. The van der Waals surface area contributed by atoms with E-state index in [0.717, 1.165) is 16.5 Å². The third-order valence-electron chi connectivity index (χ3n) is 3.29. The van der Waals surface area contributed by atoms with E-state index in [0.29, 0.717) is 22.3 Å². The number of nitrogens with zero attached hydrogens (tertiary/aromatic N) is 2. The van der Waals surface area contributed by atoms with Crippen molar-refractivity contribution < 1.29 is 4.79 Å². The van der Waals surface area contributed by atoms with Crippen LogP contribution in [0.4, 0.5) is 0 Å². The second kappa shape index (κ2) is 6.44. The molecule has 1 aromatic heterocycles. The Morgan fingerprint density at radius 3 is 2.73 bits per heavy atom. The molecule has 0 aliphatic rings. The zero-order valence-corrected chi connectivity index (χ0v) is 14.9. The lowest BCUT2D eigenvalue weighted by Gasteiger charge is -2.06. The first-order valence-electron chi connectivity index (χ1n) is 6.40. The lowest BCUT2D eigenvalue weighted by molar-refractivity contribution is 0.0985. The number of fused-ring (bicyclic) bond motifs is 1. The van der Waals surface area contributed by atoms with Crippen LogP contribution in [0.5, 0.6) is 0 Å². The Balaban J connectivity index is 2.09. The van der Waals surface area contributed by atoms with Gasteiger partial charge in [0.1, 0.15) is 0 Å². The summed E-state index contributed by atoms with van der Waals surface area (Å²) in [5.41, 5.74) is 2.17. The first-order chi connectivity index (χ1) is 10.6. The molecule has 1 amide bonds. The van der Waals surface area contributed by atoms with Gasteiger partial charge in [-0.25, -0.2) is 0 Å². The summed E-state index contributed by atoms with van der Waals surface area (Å²) in [5.74, 6) is -0.224. The van der Waals surface area contributed by atoms with E-state index in [4.69, 9.17) is 23.2 Å². The van der Waals surface area contributed by atoms with Crippen molar-refractivity contribution in [1.29, 1.82) is 0 Å². The largest absolute Gasteiger partial charge is 0.293 e. The number of halogens is 3. The molecule has 7 heteroatoms. The summed E-state index contributed by atoms with van der Waals surface area (Å²) in [7, 11) is 0. The van der Waals surface area contributed by atoms with E-state index >= 15 is 0 Å². The molecule has 0 spiro atoms. The van der Waals surface area contributed by atoms with Crippen LogP contribution in [0.3, 0.4) is 0 Å². The fraction of sp³-hybridized carbons (Fsp3) is 0.0667. The maximum atomic E-state index is 12.0. The van der Waals surface area contributed by atoms with E-state index in [1.54, 1.807) is 39.7 Å². The van der Waals surface area contributed by atoms with Crippen molar-refractivity contribution in [2.75, 3.05) is 0 Å². The molecule has 0 atom stereocenters. The number of aromatic nitrogens is 2. The molecule has 0 radical (unpaired) electrons. The number of nitrogens with one attached hydrogen (secondary N) is 1. The third kappa shape index (κ3) is 2.93. The van der Waals surface area contributed by atoms with E-state index in [1.165, 1.54) is 0 Å². The van der Waals surface area contributed by atoms with Crippen molar-refractivity contribution in [3.8, 4) is 0 Å². The molecule has 0 fully saturated rings. The van der Waals surface area contributed by atoms with Gasteiger partial charge in [-0.15, -0.1) is 0 Å². The average Bonchev–Trinajstić information content (AvgIpc) is 2.88. The van der Waals surface area contributed by atoms with Gasteiger partial charge in [0.15, 0.2) is 5.69 Å². The number of amides is 1. The van der Waals surface area contributed by atoms with Gasteiger partial charge in [0.25, 0.3) is 5.91 Å². The lowest BCUT2D eigenvalue weighted by atomic mass is 10.2. The molecule has 0 saturated heterocycles. The van der Waals surface area contributed by atoms with E-state index in [9.17, 15) is 4.79 Å². The van der Waals surface area contributed by atoms with Crippen molar-refractivity contribution in [3.05, 3.63) is 63.8 Å². The quantitative estimate of drug-likeness (QED) is 0.477. The normalized spacial score (nSPS) is 10.9. The lowest BCUT2D eigenvalue weighted by Crippen LogP contribution is -2.13. The predicted molar refractivity (Wildman–Crippen MR) is 96.8 cm³/mol. The number of hydrogen-bond donors (Lipinski definition) is 1. The molecule has 0 aliphatic carbocycles. The minimum Gasteiger partial charge on any atom is -0.293 e. The highest BCUT2D eigenvalue weighted by atomic mass is 127. The summed E-state index contributed by atoms with van der Waals surface area (Å²) < 4.78 is 4.35. The monoisotopic (exact) mass is 445 g/mol. The van der Waals surface area contributed by atoms with Gasteiger partial charge < -0.3 is 0 Å². The van der Waals surface area contributed by atoms with Gasteiger partial charge in [-0.05, 0) is 23.8 Å². The molecule has 0 unspecified atom stereocenters. The third-order valence-corrected chi connectivity index (χ3v) is 4.37. The maximum absolute atomic E-state index is 12.0. The van der Waals surface area contributed by atoms with Crippen LogP contribution in [0.25, 0.3) is 10.9 Å². The molecule has 3 aromatic rings. The molecule has 1 N–H and O–H groups in total. The van der Waals surface area contributed by atoms with Crippen LogP contribution < -0.4 is 3.53 Å². The van der Waals surface area contributed by atoms with Crippen LogP contribution in [0.2, 0.25) is 10.0 Å². The molecule has 22 heavy (non-hydrogen) atoms. The van der Waals surface area contributed by atoms with Gasteiger partial charge in [0.05, 0.1) is 34.9 Å². The summed E-state index contributed by atoms with van der Waals surface area (Å²) >= 11 is 13.9. The van der Waals surface area contributed by atoms with Gasteiger partial charge in [-0.3, -0.25) is 13.0 Å². The Labute approximate surface area is 150 Å². The summed E-state index contributed by atoms with van der Waals surface area (Å²) in [5, 5.41) is 6.40. The van der Waals surface area contributed by atoms with Crippen LogP contribution in [-0.4, -0.2) is 15.7 Å². The van der Waals surface area contributed by atoms with E-state index in [2.05, 4.69) is 8.63 Å². The Morgan fingerprint density at radius 1 is 1.23 bits per heavy atom. The van der Waals surface area contributed by atoms with Crippen molar-refractivity contribution in [2.45, 2.75) is 6.54 Å². The van der Waals surface area contributed by atoms with Crippen molar-refractivity contribution in [1.82, 2.24) is 13.3 Å². The number of hydrogen-bond acceptors (Lipinski definition) is 2. The highest BCUT2D eigenvalue weighted by molar-refractivity contribution is 14.1. The van der Waals surface area contributed by atoms with Gasteiger partial charge in [0, 0.05) is 15.4 Å². The molecule has 0 saturated carbocycles. The number of carbonyl (C=O) groups excluding carboxylic acids is 1. The van der Waals surface area contributed by atoms with Crippen LogP contribution in [0.15, 0.2) is 42.5 Å². The zero-order chi connectivity index (χ0) is 15.7. The summed E-state index contributed by atoms with van der Waals surface area (Å²) in [6, 6.07) is 12.9. The highest BCUT2D eigenvalue weighted by Crippen LogP contribution is 2.24. The fourth-order valence-electron chi connectivity index (χ4n) is 2.27. The first kappa shape index (κ1) is 15.6. The van der Waals surface area contributed by atoms with Gasteiger partial charge in [0.2, 0.25) is 0 Å². The average molecular weight is 446 g/mol. The predicted octanol–water partition coefficient (Wildman–Crippen LogP) is 4.47. The number of rotatable bonds is 3. The molecular weight excluding hydrogens is 436 g/mol. The Hall–Kier alpha value is -1.31. The van der Waals surface area contributed by atoms with Gasteiger partial charge in [-0.1, -0.05) is 47.5 Å². The van der Waals surface area contributed by atoms with Crippen LogP contribution in [0, 0.1) is 0 Å². The van der Waals surface area contributed by atoms with Crippen LogP contribution in [0.1, 0.15) is 16.1 Å². The Morgan fingerprint density at radius 2 is 2.00 bits per heavy atom. The van der Waals surface area contributed by atoms with Gasteiger partial charge in [-0.2, -0.15) is 5.10 Å². The molecular formula is C15H10Cl2IN3O. The number of para-hydroxylation sites is 1. The topological polar surface area (TPSA) is 46.9 Å². The molecule has 3 rings (SSSR count). The molecule has 0 aliphatic heterocycles. The Bertz CT molecular complexity index is 863. The Kier molecular flexibility index (Phi) is 4.56. The second-order valence-electron chi connectivity index (χ2n) is 4.68. The smallest absolute Gasteiger partial charge is 0.281 e. The van der Waals surface area contributed by atoms with E-state index in [1.807, 2.05) is 30.3 Å². The SMILES string of the molecule is O=C(NI)c1nn(Cc2ccc(Cl)cc2Cl)c2ccccc12. The molecule has 2 aromatic carbocycles. The minimum absolute atomic E-state index is 0.224. The van der Waals surface area contributed by atoms with E-state index in [-0.39, 0.29) is 5.91 Å². The van der Waals surface area contributed by atoms with Crippen molar-refractivity contribution >= 4 is 62.9 Å². The first-order valence-corrected chi connectivity index (χ1v) is 8.24. The van der Waals surface area contributed by atoms with Crippen molar-refractivity contribution in [2.24, 2.45) is 0 Å². The molecule has 112 valence electrons. The standard InChI is InChI=1S/C15H10Cl2IN3O/c16-10-6-5-9(12(17)7-10)8-21-13-4-2-1-3-11(13)14(20-21)15(22)19-18/h1-7H,8H2,(H,19,22). The number of benzene rings is 2. The number of carbonyl (C=O) groups is 1. The molecule has 0 bridgehead atoms. The summed E-state index contributed by atoms with van der Waals surface area (Å²) in [4.78, 5) is 12.0. The molecule has 1 heterocycles. The maximum Gasteiger partial charge on any atom is 0.281 e. The summed E-state index contributed by atoms with van der Waals surface area (Å²) in [6.45, 7) is 0.463.